The minimum atomic E-state index is -2.63. The van der Waals surface area contributed by atoms with E-state index in [-0.39, 0.29) is 11.6 Å². The number of carbonyl (C=O) groups excluding carboxylic acids is 1. The van der Waals surface area contributed by atoms with Crippen molar-refractivity contribution in [2.24, 2.45) is 5.73 Å². The van der Waals surface area contributed by atoms with E-state index in [0.717, 1.165) is 15.9 Å². The van der Waals surface area contributed by atoms with Crippen LogP contribution in [-0.4, -0.2) is 22.9 Å². The van der Waals surface area contributed by atoms with Crippen LogP contribution in [0.1, 0.15) is 6.92 Å². The summed E-state index contributed by atoms with van der Waals surface area (Å²) < 4.78 is 5.42. The Morgan fingerprint density at radius 1 is 0.821 bits per heavy atom. The van der Waals surface area contributed by atoms with Gasteiger partial charge in [-0.15, -0.1) is 0 Å². The number of thiocarbonyl (C=S) groups is 1. The molecule has 0 aliphatic carbocycles. The Bertz CT molecular complexity index is 915. The molecule has 0 saturated carbocycles. The van der Waals surface area contributed by atoms with Crippen molar-refractivity contribution < 1.29 is 9.53 Å². The summed E-state index contributed by atoms with van der Waals surface area (Å²) >= 11 is 5.42. The molecule has 0 radical (unpaired) electrons. The lowest BCUT2D eigenvalue weighted by atomic mass is 10.3. The second-order valence-corrected chi connectivity index (χ2v) is 9.89. The van der Waals surface area contributed by atoms with Gasteiger partial charge in [0.05, 0.1) is 6.61 Å². The fraction of sp³-hybridized carbons (Fsp3) is 0.0870. The molecular formula is C23H22NO2PS. The van der Waals surface area contributed by atoms with Gasteiger partial charge in [0.15, 0.2) is 0 Å². The van der Waals surface area contributed by atoms with Crippen LogP contribution in [-0.2, 0) is 9.53 Å². The lowest BCUT2D eigenvalue weighted by Gasteiger charge is -2.31. The molecule has 2 N–H and O–H groups in total. The third-order valence-electron chi connectivity index (χ3n) is 4.47. The number of esters is 1. The third kappa shape index (κ3) is 3.66. The molecule has 3 nitrogen and oxygen atoms in total. The van der Waals surface area contributed by atoms with Gasteiger partial charge in [0.25, 0.3) is 0 Å². The van der Waals surface area contributed by atoms with Crippen LogP contribution >= 0.6 is 19.1 Å². The predicted molar refractivity (Wildman–Crippen MR) is 124 cm³/mol. The van der Waals surface area contributed by atoms with Crippen molar-refractivity contribution in [1.82, 2.24) is 0 Å². The van der Waals surface area contributed by atoms with Crippen molar-refractivity contribution >= 4 is 51.3 Å². The molecule has 0 aliphatic rings. The SMILES string of the molecule is CCOC(=O)C(C(N)=S)=P(c1ccccc1)(c1ccccc1)c1ccccc1. The summed E-state index contributed by atoms with van der Waals surface area (Å²) in [6, 6.07) is 29.9. The number of nitrogens with two attached hydrogens (primary N) is 1. The average molecular weight is 407 g/mol. The van der Waals surface area contributed by atoms with Crippen LogP contribution in [0.25, 0.3) is 0 Å². The van der Waals surface area contributed by atoms with Gasteiger partial charge >= 0.3 is 5.97 Å². The van der Waals surface area contributed by atoms with Crippen molar-refractivity contribution in [3.63, 3.8) is 0 Å². The van der Waals surface area contributed by atoms with E-state index in [1.54, 1.807) is 6.92 Å². The van der Waals surface area contributed by atoms with Gasteiger partial charge in [-0.25, -0.2) is 4.79 Å². The topological polar surface area (TPSA) is 52.3 Å². The molecule has 3 aromatic carbocycles. The molecule has 3 rings (SSSR count). The second kappa shape index (κ2) is 9.01. The highest BCUT2D eigenvalue weighted by Crippen LogP contribution is 2.46. The van der Waals surface area contributed by atoms with Crippen LogP contribution < -0.4 is 21.6 Å². The lowest BCUT2D eigenvalue weighted by Crippen LogP contribution is -2.40. The van der Waals surface area contributed by atoms with Crippen molar-refractivity contribution in [2.45, 2.75) is 6.92 Å². The summed E-state index contributed by atoms with van der Waals surface area (Å²) in [5.74, 6) is -0.458. The molecule has 3 aromatic rings. The number of ether oxygens (including phenoxy) is 1. The van der Waals surface area contributed by atoms with E-state index in [2.05, 4.69) is 0 Å². The fourth-order valence-corrected chi connectivity index (χ4v) is 8.08. The summed E-state index contributed by atoms with van der Waals surface area (Å²) in [7, 11) is 0. The quantitative estimate of drug-likeness (QED) is 0.388. The molecule has 0 aliphatic heterocycles. The van der Waals surface area contributed by atoms with Crippen molar-refractivity contribution in [3.05, 3.63) is 91.0 Å². The first-order valence-electron chi connectivity index (χ1n) is 9.02. The maximum Gasteiger partial charge on any atom is 0.342 e. The third-order valence-corrected chi connectivity index (χ3v) is 9.14. The van der Waals surface area contributed by atoms with E-state index in [1.807, 2.05) is 91.0 Å². The van der Waals surface area contributed by atoms with Crippen molar-refractivity contribution in [3.8, 4) is 0 Å². The van der Waals surface area contributed by atoms with Gasteiger partial charge in [0, 0.05) is 0 Å². The van der Waals surface area contributed by atoms with E-state index in [0.29, 0.717) is 5.29 Å². The zero-order valence-corrected chi connectivity index (χ0v) is 17.3. The van der Waals surface area contributed by atoms with Gasteiger partial charge in [-0.1, -0.05) is 103 Å². The molecule has 0 atom stereocenters. The molecule has 0 spiro atoms. The normalized spacial score (nSPS) is 10.9. The molecule has 0 unspecified atom stereocenters. The first kappa shape index (κ1) is 20.1. The first-order valence-corrected chi connectivity index (χ1v) is 11.2. The molecule has 0 aromatic heterocycles. The number of hydrogen-bond donors (Lipinski definition) is 1. The van der Waals surface area contributed by atoms with E-state index < -0.39 is 12.9 Å². The van der Waals surface area contributed by atoms with Crippen LogP contribution in [0, 0.1) is 0 Å². The molecule has 0 saturated heterocycles. The maximum atomic E-state index is 13.2. The molecule has 0 heterocycles. The molecule has 0 fully saturated rings. The summed E-state index contributed by atoms with van der Waals surface area (Å²) in [6.07, 6.45) is 0. The summed E-state index contributed by atoms with van der Waals surface area (Å²) in [5.41, 5.74) is 6.19. The Hall–Kier alpha value is -2.68. The molecule has 0 bridgehead atoms. The summed E-state index contributed by atoms with van der Waals surface area (Å²) in [6.45, 7) is -0.596. The standard InChI is InChI=1S/C23H22NO2PS/c1-2-26-23(25)21(22(24)28)27(18-12-6-3-7-13-18,19-14-8-4-9-15-19)20-16-10-5-11-17-20/h3-17H,2H2,1H3,(H2,24,28). The van der Waals surface area contributed by atoms with Gasteiger partial charge in [-0.05, 0) is 29.7 Å². The van der Waals surface area contributed by atoms with Gasteiger partial charge < -0.3 is 10.5 Å². The zero-order chi connectivity index (χ0) is 20.0. The van der Waals surface area contributed by atoms with Crippen molar-refractivity contribution in [1.29, 1.82) is 0 Å². The molecule has 5 heteroatoms. The highest BCUT2D eigenvalue weighted by Gasteiger charge is 2.35. The van der Waals surface area contributed by atoms with Crippen LogP contribution in [0.4, 0.5) is 0 Å². The van der Waals surface area contributed by atoms with Crippen LogP contribution in [0.2, 0.25) is 0 Å². The smallest absolute Gasteiger partial charge is 0.342 e. The second-order valence-electron chi connectivity index (χ2n) is 6.11. The van der Waals surface area contributed by atoms with E-state index in [9.17, 15) is 4.79 Å². The Kier molecular flexibility index (Phi) is 6.45. The van der Waals surface area contributed by atoms with Gasteiger partial charge in [-0.3, -0.25) is 0 Å². The largest absolute Gasteiger partial charge is 0.462 e. The Balaban J connectivity index is 2.60. The van der Waals surface area contributed by atoms with E-state index in [4.69, 9.17) is 22.7 Å². The fourth-order valence-electron chi connectivity index (χ4n) is 3.39. The van der Waals surface area contributed by atoms with Gasteiger partial charge in [0.1, 0.15) is 10.3 Å². The summed E-state index contributed by atoms with van der Waals surface area (Å²) in [4.78, 5) is 13.2. The molecular weight excluding hydrogens is 385 g/mol. The Morgan fingerprint density at radius 3 is 1.46 bits per heavy atom. The van der Waals surface area contributed by atoms with Gasteiger partial charge in [-0.2, -0.15) is 0 Å². The first-order chi connectivity index (χ1) is 13.6. The van der Waals surface area contributed by atoms with Crippen LogP contribution in [0.3, 0.4) is 0 Å². The Labute approximate surface area is 171 Å². The minimum Gasteiger partial charge on any atom is -0.462 e. The predicted octanol–water partition coefficient (Wildman–Crippen LogP) is 3.00. The lowest BCUT2D eigenvalue weighted by molar-refractivity contribution is -0.134. The number of benzene rings is 3. The molecule has 28 heavy (non-hydrogen) atoms. The molecule has 0 amide bonds. The van der Waals surface area contributed by atoms with E-state index >= 15 is 0 Å². The monoisotopic (exact) mass is 407 g/mol. The van der Waals surface area contributed by atoms with Crippen molar-refractivity contribution in [2.75, 3.05) is 6.61 Å². The maximum absolute atomic E-state index is 13.2. The number of carbonyl (C=O) groups is 1. The average Bonchev–Trinajstić information content (AvgIpc) is 2.73. The number of rotatable bonds is 6. The minimum absolute atomic E-state index is 0.0725. The molecule has 142 valence electrons. The zero-order valence-electron chi connectivity index (χ0n) is 15.6. The highest BCUT2D eigenvalue weighted by atomic mass is 32.1. The highest BCUT2D eigenvalue weighted by molar-refractivity contribution is 8.00. The van der Waals surface area contributed by atoms with Gasteiger partial charge in [0.2, 0.25) is 0 Å². The Morgan fingerprint density at radius 2 is 1.18 bits per heavy atom. The number of hydrogen-bond acceptors (Lipinski definition) is 3. The summed E-state index contributed by atoms with van der Waals surface area (Å²) in [5, 5.41) is 3.38. The van der Waals surface area contributed by atoms with Crippen LogP contribution in [0.5, 0.6) is 0 Å². The van der Waals surface area contributed by atoms with E-state index in [1.165, 1.54) is 0 Å². The van der Waals surface area contributed by atoms with Crippen LogP contribution in [0.15, 0.2) is 91.0 Å².